The first-order valence-electron chi connectivity index (χ1n) is 6.04. The molecule has 3 rings (SSSR count). The highest BCUT2D eigenvalue weighted by molar-refractivity contribution is 5.89. The third kappa shape index (κ3) is 2.08. The summed E-state index contributed by atoms with van der Waals surface area (Å²) in [5.74, 6) is 0. The minimum Gasteiger partial charge on any atom is -0.384 e. The van der Waals surface area contributed by atoms with Crippen LogP contribution in [0.4, 0.5) is 0 Å². The molecule has 0 spiro atoms. The van der Waals surface area contributed by atoms with Gasteiger partial charge in [0.05, 0.1) is 11.9 Å². The molecule has 0 saturated heterocycles. The molecule has 19 heavy (non-hydrogen) atoms. The van der Waals surface area contributed by atoms with E-state index in [1.54, 1.807) is 37.1 Å². The van der Waals surface area contributed by atoms with E-state index in [-0.39, 0.29) is 0 Å². The van der Waals surface area contributed by atoms with Gasteiger partial charge in [0.1, 0.15) is 11.3 Å². The van der Waals surface area contributed by atoms with Crippen LogP contribution in [0.5, 0.6) is 0 Å². The van der Waals surface area contributed by atoms with Crippen molar-refractivity contribution in [3.63, 3.8) is 0 Å². The molecule has 5 heteroatoms. The maximum atomic E-state index is 9.93. The van der Waals surface area contributed by atoms with Crippen LogP contribution in [-0.2, 0) is 5.60 Å². The van der Waals surface area contributed by atoms with Crippen LogP contribution < -0.4 is 0 Å². The van der Waals surface area contributed by atoms with E-state index in [0.29, 0.717) is 5.69 Å². The van der Waals surface area contributed by atoms with Gasteiger partial charge < -0.3 is 5.11 Å². The summed E-state index contributed by atoms with van der Waals surface area (Å²) in [5, 5.41) is 20.1. The van der Waals surface area contributed by atoms with E-state index in [1.165, 1.54) is 0 Å². The maximum absolute atomic E-state index is 9.93. The average Bonchev–Trinajstić information content (AvgIpc) is 2.87. The minimum absolute atomic E-state index is 0.536. The van der Waals surface area contributed by atoms with Crippen molar-refractivity contribution < 1.29 is 5.11 Å². The number of fused-ring (bicyclic) bond motifs is 1. The van der Waals surface area contributed by atoms with E-state index in [4.69, 9.17) is 0 Å². The minimum atomic E-state index is -0.999. The summed E-state index contributed by atoms with van der Waals surface area (Å²) in [6, 6.07) is 7.89. The summed E-state index contributed by atoms with van der Waals surface area (Å²) >= 11 is 0. The number of benzene rings is 1. The molecule has 0 saturated carbocycles. The molecule has 5 nitrogen and oxygen atoms in total. The number of aliphatic hydroxyl groups is 1. The molecule has 1 N–H and O–H groups in total. The summed E-state index contributed by atoms with van der Waals surface area (Å²) in [7, 11) is 0. The van der Waals surface area contributed by atoms with Crippen molar-refractivity contribution in [1.82, 2.24) is 20.0 Å². The Morgan fingerprint density at radius 1 is 1.21 bits per heavy atom. The van der Waals surface area contributed by atoms with Crippen molar-refractivity contribution in [3.05, 3.63) is 48.5 Å². The molecule has 96 valence electrons. The zero-order chi connectivity index (χ0) is 13.5. The first kappa shape index (κ1) is 11.8. The first-order chi connectivity index (χ1) is 9.05. The van der Waals surface area contributed by atoms with Crippen molar-refractivity contribution in [2.45, 2.75) is 19.4 Å². The van der Waals surface area contributed by atoms with Crippen LogP contribution in [0.1, 0.15) is 19.5 Å². The molecule has 1 aromatic carbocycles. The van der Waals surface area contributed by atoms with Crippen LogP contribution in [0.25, 0.3) is 16.5 Å². The van der Waals surface area contributed by atoms with Gasteiger partial charge in [-0.1, -0.05) is 17.3 Å². The van der Waals surface area contributed by atoms with Gasteiger partial charge in [-0.3, -0.25) is 4.98 Å². The standard InChI is InChI=1S/C14H14N4O/c1-14(2,19)13-9-18(17-16-13)12-5-3-4-10-6-7-15-8-11(10)12/h3-9,19H,1-2H3. The van der Waals surface area contributed by atoms with E-state index < -0.39 is 5.60 Å². The fourth-order valence-corrected chi connectivity index (χ4v) is 1.96. The summed E-state index contributed by atoms with van der Waals surface area (Å²) in [5.41, 5.74) is 0.433. The van der Waals surface area contributed by atoms with E-state index in [2.05, 4.69) is 15.3 Å². The zero-order valence-corrected chi connectivity index (χ0v) is 10.8. The van der Waals surface area contributed by atoms with Crippen LogP contribution in [0.3, 0.4) is 0 Å². The zero-order valence-electron chi connectivity index (χ0n) is 10.8. The van der Waals surface area contributed by atoms with Crippen molar-refractivity contribution >= 4 is 10.8 Å². The molecule has 3 aromatic rings. The second-order valence-electron chi connectivity index (χ2n) is 4.98. The Labute approximate surface area is 110 Å². The van der Waals surface area contributed by atoms with E-state index in [1.807, 2.05) is 24.3 Å². The highest BCUT2D eigenvalue weighted by atomic mass is 16.3. The molecule has 0 amide bonds. The molecular weight excluding hydrogens is 240 g/mol. The molecule has 0 fully saturated rings. The molecule has 0 aliphatic carbocycles. The largest absolute Gasteiger partial charge is 0.384 e. The molecule has 0 atom stereocenters. The number of hydrogen-bond donors (Lipinski definition) is 1. The van der Waals surface area contributed by atoms with Gasteiger partial charge >= 0.3 is 0 Å². The number of rotatable bonds is 2. The van der Waals surface area contributed by atoms with Crippen molar-refractivity contribution in [2.75, 3.05) is 0 Å². The summed E-state index contributed by atoms with van der Waals surface area (Å²) in [6.07, 6.45) is 5.30. The summed E-state index contributed by atoms with van der Waals surface area (Å²) in [4.78, 5) is 4.14. The molecule has 0 radical (unpaired) electrons. The maximum Gasteiger partial charge on any atom is 0.114 e. The molecule has 0 aliphatic rings. The molecular formula is C14H14N4O. The molecule has 2 aromatic heterocycles. The summed E-state index contributed by atoms with van der Waals surface area (Å²) < 4.78 is 1.66. The van der Waals surface area contributed by atoms with Gasteiger partial charge in [0.2, 0.25) is 0 Å². The second kappa shape index (κ2) is 4.13. The Hall–Kier alpha value is -2.27. The Bertz CT molecular complexity index is 722. The fourth-order valence-electron chi connectivity index (χ4n) is 1.96. The smallest absolute Gasteiger partial charge is 0.114 e. The summed E-state index contributed by atoms with van der Waals surface area (Å²) in [6.45, 7) is 3.37. The van der Waals surface area contributed by atoms with Gasteiger partial charge in [-0.15, -0.1) is 5.10 Å². The van der Waals surface area contributed by atoms with Crippen LogP contribution in [0.15, 0.2) is 42.9 Å². The quantitative estimate of drug-likeness (QED) is 0.760. The second-order valence-corrected chi connectivity index (χ2v) is 4.98. The lowest BCUT2D eigenvalue weighted by molar-refractivity contribution is 0.0737. The lowest BCUT2D eigenvalue weighted by Gasteiger charge is -2.12. The normalized spacial score (nSPS) is 11.9. The molecule has 0 aliphatic heterocycles. The Morgan fingerprint density at radius 2 is 2.05 bits per heavy atom. The average molecular weight is 254 g/mol. The van der Waals surface area contributed by atoms with Crippen LogP contribution in [-0.4, -0.2) is 25.1 Å². The number of nitrogens with zero attached hydrogens (tertiary/aromatic N) is 4. The van der Waals surface area contributed by atoms with Gasteiger partial charge in [0.25, 0.3) is 0 Å². The highest BCUT2D eigenvalue weighted by Gasteiger charge is 2.20. The van der Waals surface area contributed by atoms with Gasteiger partial charge in [-0.25, -0.2) is 4.68 Å². The SMILES string of the molecule is CC(C)(O)c1cn(-c2cccc3ccncc23)nn1. The molecule has 2 heterocycles. The molecule has 0 bridgehead atoms. The van der Waals surface area contributed by atoms with Gasteiger partial charge in [0, 0.05) is 17.8 Å². The van der Waals surface area contributed by atoms with Gasteiger partial charge in [-0.2, -0.15) is 0 Å². The van der Waals surface area contributed by atoms with E-state index >= 15 is 0 Å². The van der Waals surface area contributed by atoms with Crippen LogP contribution in [0.2, 0.25) is 0 Å². The highest BCUT2D eigenvalue weighted by Crippen LogP contribution is 2.22. The van der Waals surface area contributed by atoms with Crippen molar-refractivity contribution in [2.24, 2.45) is 0 Å². The third-order valence-electron chi connectivity index (χ3n) is 3.03. The Balaban J connectivity index is 2.17. The van der Waals surface area contributed by atoms with Gasteiger partial charge in [0.15, 0.2) is 0 Å². The van der Waals surface area contributed by atoms with Crippen molar-refractivity contribution in [3.8, 4) is 5.69 Å². The monoisotopic (exact) mass is 254 g/mol. The number of aromatic nitrogens is 4. The Kier molecular flexibility index (Phi) is 2.57. The lowest BCUT2D eigenvalue weighted by Crippen LogP contribution is -2.15. The fraction of sp³-hybridized carbons (Fsp3) is 0.214. The third-order valence-corrected chi connectivity index (χ3v) is 3.03. The number of hydrogen-bond acceptors (Lipinski definition) is 4. The Morgan fingerprint density at radius 3 is 2.79 bits per heavy atom. The lowest BCUT2D eigenvalue weighted by atomic mass is 10.1. The van der Waals surface area contributed by atoms with E-state index in [9.17, 15) is 5.11 Å². The topological polar surface area (TPSA) is 63.8 Å². The predicted octanol–water partition coefficient (Wildman–Crippen LogP) is 2.04. The van der Waals surface area contributed by atoms with Crippen LogP contribution in [0, 0.1) is 0 Å². The van der Waals surface area contributed by atoms with Gasteiger partial charge in [-0.05, 0) is 31.4 Å². The predicted molar refractivity (Wildman–Crippen MR) is 71.9 cm³/mol. The van der Waals surface area contributed by atoms with Crippen molar-refractivity contribution in [1.29, 1.82) is 0 Å². The number of pyridine rings is 1. The first-order valence-corrected chi connectivity index (χ1v) is 6.04. The van der Waals surface area contributed by atoms with E-state index in [0.717, 1.165) is 16.5 Å². The molecule has 0 unspecified atom stereocenters. The van der Waals surface area contributed by atoms with Crippen LogP contribution >= 0.6 is 0 Å².